The fraction of sp³-hybridized carbons (Fsp3) is 0.733. The standard InChI is InChI=1S/C15H27N5O/c1-11(2)16-9-13-12(3)17-19(5)15(13)20-8-6-7-18(4)14(21)10-20/h11,16H,6-10H2,1-5H3. The van der Waals surface area contributed by atoms with Crippen LogP contribution in [0.15, 0.2) is 0 Å². The molecular weight excluding hydrogens is 266 g/mol. The molecule has 1 aliphatic heterocycles. The second-order valence-electron chi connectivity index (χ2n) is 6.14. The van der Waals surface area contributed by atoms with Gasteiger partial charge in [0.25, 0.3) is 0 Å². The van der Waals surface area contributed by atoms with Crippen molar-refractivity contribution in [3.05, 3.63) is 11.3 Å². The molecule has 0 saturated carbocycles. The molecule has 1 aliphatic rings. The van der Waals surface area contributed by atoms with Crippen LogP contribution in [0.1, 0.15) is 31.5 Å². The number of amides is 1. The van der Waals surface area contributed by atoms with Gasteiger partial charge in [-0.15, -0.1) is 0 Å². The van der Waals surface area contributed by atoms with Crippen LogP contribution in [0, 0.1) is 6.92 Å². The van der Waals surface area contributed by atoms with Crippen molar-refractivity contribution in [3.63, 3.8) is 0 Å². The summed E-state index contributed by atoms with van der Waals surface area (Å²) in [7, 11) is 3.84. The maximum Gasteiger partial charge on any atom is 0.241 e. The van der Waals surface area contributed by atoms with E-state index in [2.05, 4.69) is 29.2 Å². The van der Waals surface area contributed by atoms with Crippen molar-refractivity contribution in [1.29, 1.82) is 0 Å². The zero-order valence-electron chi connectivity index (χ0n) is 13.8. The van der Waals surface area contributed by atoms with Gasteiger partial charge in [0, 0.05) is 45.3 Å². The third-order valence-corrected chi connectivity index (χ3v) is 3.97. The normalized spacial score (nSPS) is 16.8. The average Bonchev–Trinajstić information content (AvgIpc) is 2.57. The van der Waals surface area contributed by atoms with E-state index in [1.165, 1.54) is 5.56 Å². The number of likely N-dealkylation sites (N-methyl/N-ethyl adjacent to an activating group) is 1. The second-order valence-corrected chi connectivity index (χ2v) is 6.14. The predicted octanol–water partition coefficient (Wildman–Crippen LogP) is 0.895. The van der Waals surface area contributed by atoms with Gasteiger partial charge in [-0.1, -0.05) is 13.8 Å². The van der Waals surface area contributed by atoms with Crippen LogP contribution in [0.3, 0.4) is 0 Å². The molecule has 1 aromatic rings. The topological polar surface area (TPSA) is 53.4 Å². The lowest BCUT2D eigenvalue weighted by atomic mass is 10.2. The fourth-order valence-electron chi connectivity index (χ4n) is 2.77. The van der Waals surface area contributed by atoms with Gasteiger partial charge in [0.15, 0.2) is 0 Å². The summed E-state index contributed by atoms with van der Waals surface area (Å²) in [5.74, 6) is 1.25. The molecule has 0 radical (unpaired) electrons. The van der Waals surface area contributed by atoms with Gasteiger partial charge in [0.2, 0.25) is 5.91 Å². The van der Waals surface area contributed by atoms with Gasteiger partial charge >= 0.3 is 0 Å². The number of carbonyl (C=O) groups is 1. The zero-order chi connectivity index (χ0) is 15.6. The number of anilines is 1. The van der Waals surface area contributed by atoms with Gasteiger partial charge in [-0.3, -0.25) is 9.48 Å². The van der Waals surface area contributed by atoms with E-state index >= 15 is 0 Å². The molecule has 1 amide bonds. The molecule has 1 N–H and O–H groups in total. The lowest BCUT2D eigenvalue weighted by Crippen LogP contribution is -2.36. The van der Waals surface area contributed by atoms with Crippen LogP contribution in [0.2, 0.25) is 0 Å². The summed E-state index contributed by atoms with van der Waals surface area (Å²) in [6, 6.07) is 0.425. The predicted molar refractivity (Wildman–Crippen MR) is 84.4 cm³/mol. The summed E-state index contributed by atoms with van der Waals surface area (Å²) in [6.07, 6.45) is 0.990. The fourth-order valence-corrected chi connectivity index (χ4v) is 2.77. The highest BCUT2D eigenvalue weighted by atomic mass is 16.2. The Kier molecular flexibility index (Phi) is 4.88. The van der Waals surface area contributed by atoms with Gasteiger partial charge in [-0.25, -0.2) is 0 Å². The van der Waals surface area contributed by atoms with Crippen LogP contribution < -0.4 is 10.2 Å². The van der Waals surface area contributed by atoms with Crippen molar-refractivity contribution in [3.8, 4) is 0 Å². The summed E-state index contributed by atoms with van der Waals surface area (Å²) < 4.78 is 1.91. The van der Waals surface area contributed by atoms with Gasteiger partial charge < -0.3 is 15.1 Å². The number of rotatable bonds is 4. The highest BCUT2D eigenvalue weighted by Gasteiger charge is 2.24. The molecule has 0 spiro atoms. The molecule has 2 rings (SSSR count). The highest BCUT2D eigenvalue weighted by molar-refractivity contribution is 5.81. The molecule has 0 atom stereocenters. The number of nitrogens with zero attached hydrogens (tertiary/aromatic N) is 4. The molecular formula is C15H27N5O. The molecule has 0 unspecified atom stereocenters. The van der Waals surface area contributed by atoms with Gasteiger partial charge in [0.1, 0.15) is 5.82 Å². The number of nitrogens with one attached hydrogen (secondary N) is 1. The van der Waals surface area contributed by atoms with Crippen molar-refractivity contribution in [1.82, 2.24) is 20.0 Å². The van der Waals surface area contributed by atoms with E-state index in [1.54, 1.807) is 0 Å². The molecule has 21 heavy (non-hydrogen) atoms. The van der Waals surface area contributed by atoms with Gasteiger partial charge in [-0.2, -0.15) is 5.10 Å². The van der Waals surface area contributed by atoms with Crippen molar-refractivity contribution < 1.29 is 4.79 Å². The van der Waals surface area contributed by atoms with Crippen LogP contribution in [0.25, 0.3) is 0 Å². The Morgan fingerprint density at radius 1 is 1.29 bits per heavy atom. The number of aryl methyl sites for hydroxylation is 2. The first-order valence-corrected chi connectivity index (χ1v) is 7.65. The molecule has 6 nitrogen and oxygen atoms in total. The molecule has 0 aromatic carbocycles. The van der Waals surface area contributed by atoms with Crippen LogP contribution in [-0.2, 0) is 18.4 Å². The first-order chi connectivity index (χ1) is 9.90. The quantitative estimate of drug-likeness (QED) is 0.896. The average molecular weight is 293 g/mol. The Morgan fingerprint density at radius 3 is 2.67 bits per heavy atom. The third-order valence-electron chi connectivity index (χ3n) is 3.97. The summed E-state index contributed by atoms with van der Waals surface area (Å²) >= 11 is 0. The Hall–Kier alpha value is -1.56. The van der Waals surface area contributed by atoms with Crippen LogP contribution in [0.5, 0.6) is 0 Å². The lowest BCUT2D eigenvalue weighted by molar-refractivity contribution is -0.127. The number of carbonyl (C=O) groups excluding carboxylic acids is 1. The maximum atomic E-state index is 12.1. The van der Waals surface area contributed by atoms with E-state index < -0.39 is 0 Å². The van der Waals surface area contributed by atoms with Crippen LogP contribution in [-0.4, -0.2) is 53.3 Å². The monoisotopic (exact) mass is 293 g/mol. The Morgan fingerprint density at radius 2 is 2.00 bits per heavy atom. The third kappa shape index (κ3) is 3.56. The number of hydrogen-bond acceptors (Lipinski definition) is 4. The Labute approximate surface area is 127 Å². The van der Waals surface area contributed by atoms with E-state index in [4.69, 9.17) is 0 Å². The van der Waals surface area contributed by atoms with E-state index in [0.717, 1.165) is 37.6 Å². The van der Waals surface area contributed by atoms with Gasteiger partial charge in [0.05, 0.1) is 12.2 Å². The molecule has 1 fully saturated rings. The Balaban J connectivity index is 2.27. The summed E-state index contributed by atoms with van der Waals surface area (Å²) in [6.45, 7) is 9.24. The smallest absolute Gasteiger partial charge is 0.241 e. The Bertz CT molecular complexity index is 508. The second kappa shape index (κ2) is 6.47. The van der Waals surface area contributed by atoms with E-state index in [1.807, 2.05) is 30.6 Å². The van der Waals surface area contributed by atoms with Crippen LogP contribution in [0.4, 0.5) is 5.82 Å². The van der Waals surface area contributed by atoms with Crippen molar-refractivity contribution >= 4 is 11.7 Å². The minimum absolute atomic E-state index is 0.175. The zero-order valence-corrected chi connectivity index (χ0v) is 13.8. The molecule has 0 bridgehead atoms. The molecule has 1 aromatic heterocycles. The molecule has 2 heterocycles. The summed E-state index contributed by atoms with van der Waals surface area (Å²) in [5, 5.41) is 8.00. The van der Waals surface area contributed by atoms with E-state index in [0.29, 0.717) is 12.6 Å². The first kappa shape index (κ1) is 15.8. The summed E-state index contributed by atoms with van der Waals surface area (Å²) in [5.41, 5.74) is 2.23. The van der Waals surface area contributed by atoms with Crippen LogP contribution >= 0.6 is 0 Å². The summed E-state index contributed by atoms with van der Waals surface area (Å²) in [4.78, 5) is 16.1. The first-order valence-electron chi connectivity index (χ1n) is 7.65. The molecule has 118 valence electrons. The molecule has 6 heteroatoms. The van der Waals surface area contributed by atoms with Gasteiger partial charge in [-0.05, 0) is 13.3 Å². The van der Waals surface area contributed by atoms with Crippen molar-refractivity contribution in [2.75, 3.05) is 31.6 Å². The van der Waals surface area contributed by atoms with Crippen molar-refractivity contribution in [2.24, 2.45) is 7.05 Å². The molecule has 0 aliphatic carbocycles. The lowest BCUT2D eigenvalue weighted by Gasteiger charge is -2.24. The highest BCUT2D eigenvalue weighted by Crippen LogP contribution is 2.24. The minimum atomic E-state index is 0.175. The largest absolute Gasteiger partial charge is 0.347 e. The minimum Gasteiger partial charge on any atom is -0.347 e. The molecule has 1 saturated heterocycles. The number of hydrogen-bond donors (Lipinski definition) is 1. The van der Waals surface area contributed by atoms with E-state index in [-0.39, 0.29) is 5.91 Å². The van der Waals surface area contributed by atoms with Crippen molar-refractivity contribution in [2.45, 2.75) is 39.8 Å². The van der Waals surface area contributed by atoms with E-state index in [9.17, 15) is 4.79 Å². The maximum absolute atomic E-state index is 12.1. The number of aromatic nitrogens is 2. The SMILES string of the molecule is Cc1nn(C)c(N2CCCN(C)C(=O)C2)c1CNC(C)C.